The Morgan fingerprint density at radius 2 is 2.41 bits per heavy atom. The minimum atomic E-state index is -0.237. The summed E-state index contributed by atoms with van der Waals surface area (Å²) in [5.41, 5.74) is 0.520. The highest BCUT2D eigenvalue weighted by molar-refractivity contribution is 6.33. The first-order valence-electron chi connectivity index (χ1n) is 5.78. The van der Waals surface area contributed by atoms with Gasteiger partial charge in [-0.2, -0.15) is 5.10 Å². The van der Waals surface area contributed by atoms with Crippen LogP contribution in [0.25, 0.3) is 0 Å². The van der Waals surface area contributed by atoms with Gasteiger partial charge in [-0.05, 0) is 19.9 Å². The molecule has 1 aromatic rings. The van der Waals surface area contributed by atoms with E-state index in [0.29, 0.717) is 6.04 Å². The van der Waals surface area contributed by atoms with E-state index in [2.05, 4.69) is 15.3 Å². The summed E-state index contributed by atoms with van der Waals surface area (Å²) >= 11 is 6.11. The molecule has 2 heterocycles. The zero-order valence-electron chi connectivity index (χ0n) is 10.1. The Balaban J connectivity index is 2.34. The number of hydrogen-bond donors (Lipinski definition) is 1. The zero-order chi connectivity index (χ0) is 12.4. The van der Waals surface area contributed by atoms with Crippen LogP contribution in [0, 0.1) is 0 Å². The molecule has 0 spiro atoms. The second-order valence-corrected chi connectivity index (χ2v) is 4.70. The minimum Gasteiger partial charge on any atom is -0.365 e. The fourth-order valence-corrected chi connectivity index (χ4v) is 2.58. The van der Waals surface area contributed by atoms with Crippen molar-refractivity contribution in [3.05, 3.63) is 21.6 Å². The van der Waals surface area contributed by atoms with Gasteiger partial charge in [0.2, 0.25) is 0 Å². The van der Waals surface area contributed by atoms with Gasteiger partial charge in [-0.1, -0.05) is 11.6 Å². The lowest BCUT2D eigenvalue weighted by molar-refractivity contribution is 0.611. The van der Waals surface area contributed by atoms with E-state index in [1.807, 2.05) is 7.05 Å². The van der Waals surface area contributed by atoms with Crippen molar-refractivity contribution in [3.8, 4) is 0 Å². The smallest absolute Gasteiger partial charge is 0.287 e. The monoisotopic (exact) mass is 256 g/mol. The number of anilines is 1. The molecule has 1 aliphatic heterocycles. The maximum atomic E-state index is 11.7. The van der Waals surface area contributed by atoms with E-state index in [-0.39, 0.29) is 10.6 Å². The van der Waals surface area contributed by atoms with Crippen LogP contribution in [0.15, 0.2) is 11.0 Å². The topological polar surface area (TPSA) is 50.2 Å². The molecule has 1 N–H and O–H groups in total. The van der Waals surface area contributed by atoms with Gasteiger partial charge < -0.3 is 10.2 Å². The second kappa shape index (κ2) is 5.06. The summed E-state index contributed by atoms with van der Waals surface area (Å²) in [6, 6.07) is 0.395. The summed E-state index contributed by atoms with van der Waals surface area (Å²) in [6.07, 6.45) is 3.92. The summed E-state index contributed by atoms with van der Waals surface area (Å²) in [5, 5.41) is 7.47. The number of rotatable bonds is 3. The summed E-state index contributed by atoms with van der Waals surface area (Å²) < 4.78 is 1.26. The maximum Gasteiger partial charge on any atom is 0.287 e. The number of aromatic nitrogens is 2. The van der Waals surface area contributed by atoms with Gasteiger partial charge in [0.05, 0.1) is 11.9 Å². The highest BCUT2D eigenvalue weighted by atomic mass is 35.5. The van der Waals surface area contributed by atoms with Crippen LogP contribution in [-0.4, -0.2) is 36.0 Å². The largest absolute Gasteiger partial charge is 0.365 e. The Morgan fingerprint density at radius 3 is 3.12 bits per heavy atom. The predicted octanol–water partition coefficient (Wildman–Crippen LogP) is 0.622. The number of hydrogen-bond acceptors (Lipinski definition) is 4. The van der Waals surface area contributed by atoms with Gasteiger partial charge in [0.15, 0.2) is 0 Å². The summed E-state index contributed by atoms with van der Waals surface area (Å²) in [5.74, 6) is 0. The van der Waals surface area contributed by atoms with Crippen LogP contribution in [0.1, 0.15) is 12.8 Å². The Labute approximate surface area is 105 Å². The molecule has 94 valence electrons. The minimum absolute atomic E-state index is 0.237. The maximum absolute atomic E-state index is 11.7. The highest BCUT2D eigenvalue weighted by Gasteiger charge is 2.26. The van der Waals surface area contributed by atoms with Crippen molar-refractivity contribution in [2.75, 3.05) is 25.0 Å². The van der Waals surface area contributed by atoms with Crippen LogP contribution in [0.5, 0.6) is 0 Å². The quantitative estimate of drug-likeness (QED) is 0.862. The summed E-state index contributed by atoms with van der Waals surface area (Å²) in [7, 11) is 3.54. The molecule has 5 nitrogen and oxygen atoms in total. The summed E-state index contributed by atoms with van der Waals surface area (Å²) in [4.78, 5) is 13.9. The molecule has 0 aliphatic carbocycles. The molecule has 0 amide bonds. The molecule has 0 aromatic carbocycles. The van der Waals surface area contributed by atoms with Gasteiger partial charge in [-0.3, -0.25) is 4.79 Å². The third kappa shape index (κ3) is 2.30. The van der Waals surface area contributed by atoms with Crippen molar-refractivity contribution in [1.82, 2.24) is 15.1 Å². The van der Waals surface area contributed by atoms with Crippen molar-refractivity contribution in [3.63, 3.8) is 0 Å². The standard InChI is InChI=1S/C11H17ClN4O/c1-13-6-8-4-3-5-16(8)9-7-14-15(2)11(17)10(9)12/h7-8,13H,3-6H2,1-2H3. The van der Waals surface area contributed by atoms with Crippen LogP contribution in [-0.2, 0) is 7.05 Å². The third-order valence-electron chi connectivity index (χ3n) is 3.19. The molecule has 0 bridgehead atoms. The van der Waals surface area contributed by atoms with Crippen LogP contribution in [0.3, 0.4) is 0 Å². The van der Waals surface area contributed by atoms with E-state index in [4.69, 9.17) is 11.6 Å². The number of likely N-dealkylation sites (N-methyl/N-ethyl adjacent to an activating group) is 1. The fourth-order valence-electron chi connectivity index (χ4n) is 2.30. The van der Waals surface area contributed by atoms with E-state index >= 15 is 0 Å². The molecular formula is C11H17ClN4O. The average molecular weight is 257 g/mol. The van der Waals surface area contributed by atoms with Crippen molar-refractivity contribution in [2.45, 2.75) is 18.9 Å². The predicted molar refractivity (Wildman–Crippen MR) is 68.8 cm³/mol. The summed E-state index contributed by atoms with van der Waals surface area (Å²) in [6.45, 7) is 1.83. The highest BCUT2D eigenvalue weighted by Crippen LogP contribution is 2.28. The van der Waals surface area contributed by atoms with E-state index in [1.54, 1.807) is 13.2 Å². The molecule has 0 radical (unpaired) electrons. The lowest BCUT2D eigenvalue weighted by atomic mass is 10.2. The van der Waals surface area contributed by atoms with Crippen LogP contribution in [0.2, 0.25) is 5.02 Å². The van der Waals surface area contributed by atoms with Gasteiger partial charge in [0.1, 0.15) is 5.02 Å². The average Bonchev–Trinajstić information content (AvgIpc) is 2.75. The van der Waals surface area contributed by atoms with Gasteiger partial charge in [0.25, 0.3) is 5.56 Å². The van der Waals surface area contributed by atoms with E-state index in [0.717, 1.165) is 31.6 Å². The molecule has 6 heteroatoms. The number of aryl methyl sites for hydroxylation is 1. The molecule has 1 aromatic heterocycles. The first-order valence-corrected chi connectivity index (χ1v) is 6.16. The van der Waals surface area contributed by atoms with Crippen LogP contribution >= 0.6 is 11.6 Å². The molecule has 17 heavy (non-hydrogen) atoms. The molecule has 1 aliphatic rings. The molecule has 1 unspecified atom stereocenters. The van der Waals surface area contributed by atoms with Crippen molar-refractivity contribution >= 4 is 17.3 Å². The number of nitrogens with zero attached hydrogens (tertiary/aromatic N) is 3. The van der Waals surface area contributed by atoms with Crippen LogP contribution < -0.4 is 15.8 Å². The molecule has 1 saturated heterocycles. The lowest BCUT2D eigenvalue weighted by Gasteiger charge is -2.26. The fraction of sp³-hybridized carbons (Fsp3) is 0.636. The Hall–Kier alpha value is -1.07. The molecular weight excluding hydrogens is 240 g/mol. The van der Waals surface area contributed by atoms with Gasteiger partial charge in [-0.15, -0.1) is 0 Å². The van der Waals surface area contributed by atoms with Crippen molar-refractivity contribution in [2.24, 2.45) is 7.05 Å². The Bertz CT molecular complexity index is 459. The Kier molecular flexibility index (Phi) is 3.69. The van der Waals surface area contributed by atoms with Crippen molar-refractivity contribution < 1.29 is 0 Å². The van der Waals surface area contributed by atoms with Gasteiger partial charge in [-0.25, -0.2) is 4.68 Å². The first kappa shape index (κ1) is 12.4. The van der Waals surface area contributed by atoms with E-state index in [1.165, 1.54) is 4.68 Å². The number of halogens is 1. The molecule has 1 atom stereocenters. The first-order chi connectivity index (χ1) is 8.15. The second-order valence-electron chi connectivity index (χ2n) is 4.32. The van der Waals surface area contributed by atoms with Gasteiger partial charge in [0, 0.05) is 26.2 Å². The van der Waals surface area contributed by atoms with Gasteiger partial charge >= 0.3 is 0 Å². The van der Waals surface area contributed by atoms with Crippen LogP contribution in [0.4, 0.5) is 5.69 Å². The number of nitrogens with one attached hydrogen (secondary N) is 1. The normalized spacial score (nSPS) is 19.9. The molecule has 1 fully saturated rings. The SMILES string of the molecule is CNCC1CCCN1c1cnn(C)c(=O)c1Cl. The van der Waals surface area contributed by atoms with Crippen molar-refractivity contribution in [1.29, 1.82) is 0 Å². The zero-order valence-corrected chi connectivity index (χ0v) is 10.9. The van der Waals surface area contributed by atoms with E-state index < -0.39 is 0 Å². The third-order valence-corrected chi connectivity index (χ3v) is 3.54. The molecule has 2 rings (SSSR count). The molecule has 0 saturated carbocycles. The lowest BCUT2D eigenvalue weighted by Crippen LogP contribution is -2.38. The van der Waals surface area contributed by atoms with E-state index in [9.17, 15) is 4.79 Å². The Morgan fingerprint density at radius 1 is 1.65 bits per heavy atom.